The van der Waals surface area contributed by atoms with Crippen LogP contribution in [0, 0.1) is 11.8 Å². The summed E-state index contributed by atoms with van der Waals surface area (Å²) in [6.45, 7) is 3.58. The van der Waals surface area contributed by atoms with Crippen LogP contribution >= 0.6 is 0 Å². The summed E-state index contributed by atoms with van der Waals surface area (Å²) in [4.78, 5) is 25.6. The van der Waals surface area contributed by atoms with E-state index < -0.39 is 11.9 Å². The van der Waals surface area contributed by atoms with Crippen molar-refractivity contribution in [2.24, 2.45) is 11.8 Å². The highest BCUT2D eigenvalue weighted by atomic mass is 16.5. The lowest BCUT2D eigenvalue weighted by atomic mass is 9.89. The van der Waals surface area contributed by atoms with Gasteiger partial charge in [-0.25, -0.2) is 0 Å². The van der Waals surface area contributed by atoms with Crippen LogP contribution in [0.25, 0.3) is 0 Å². The van der Waals surface area contributed by atoms with Crippen molar-refractivity contribution >= 4 is 11.9 Å². The van der Waals surface area contributed by atoms with Crippen LogP contribution in [0.15, 0.2) is 24.3 Å². The van der Waals surface area contributed by atoms with Gasteiger partial charge in [0, 0.05) is 13.1 Å². The van der Waals surface area contributed by atoms with E-state index in [0.717, 1.165) is 12.0 Å². The van der Waals surface area contributed by atoms with Gasteiger partial charge in [0.05, 0.1) is 25.0 Å². The van der Waals surface area contributed by atoms with E-state index in [4.69, 9.17) is 4.74 Å². The molecule has 1 fully saturated rings. The molecule has 1 N–H and O–H groups in total. The molecule has 5 heteroatoms. The Morgan fingerprint density at radius 3 is 2.87 bits per heavy atom. The molecule has 0 aliphatic carbocycles. The van der Waals surface area contributed by atoms with Gasteiger partial charge in [0.1, 0.15) is 0 Å². The molecule has 0 radical (unpaired) electrons. The van der Waals surface area contributed by atoms with Gasteiger partial charge in [-0.05, 0) is 29.9 Å². The molecule has 3 rings (SSSR count). The first-order valence-electron chi connectivity index (χ1n) is 8.24. The second kappa shape index (κ2) is 6.71. The van der Waals surface area contributed by atoms with E-state index >= 15 is 0 Å². The van der Waals surface area contributed by atoms with E-state index in [9.17, 15) is 14.7 Å². The fourth-order valence-electron chi connectivity index (χ4n) is 3.67. The van der Waals surface area contributed by atoms with Crippen LogP contribution in [-0.4, -0.2) is 41.6 Å². The smallest absolute Gasteiger partial charge is 0.308 e. The largest absolute Gasteiger partial charge is 0.481 e. The maximum Gasteiger partial charge on any atom is 0.308 e. The molecular formula is C18H23NO4. The highest BCUT2D eigenvalue weighted by Gasteiger charge is 2.33. The molecule has 1 aromatic rings. The minimum atomic E-state index is -0.811. The van der Waals surface area contributed by atoms with Crippen molar-refractivity contribution in [2.45, 2.75) is 32.3 Å². The average Bonchev–Trinajstić information content (AvgIpc) is 2.54. The van der Waals surface area contributed by atoms with E-state index in [1.807, 2.05) is 25.1 Å². The minimum absolute atomic E-state index is 0.00972. The fourth-order valence-corrected chi connectivity index (χ4v) is 3.67. The number of carbonyl (C=O) groups excluding carboxylic acids is 1. The summed E-state index contributed by atoms with van der Waals surface area (Å²) < 4.78 is 5.80. The third-order valence-electron chi connectivity index (χ3n) is 4.81. The Bertz CT molecular complexity index is 600. The van der Waals surface area contributed by atoms with Gasteiger partial charge in [-0.3, -0.25) is 9.59 Å². The Kier molecular flexibility index (Phi) is 4.66. The molecule has 0 saturated carbocycles. The second-order valence-corrected chi connectivity index (χ2v) is 6.69. The van der Waals surface area contributed by atoms with Gasteiger partial charge in [-0.2, -0.15) is 0 Å². The lowest BCUT2D eigenvalue weighted by Crippen LogP contribution is -2.46. The molecule has 3 unspecified atom stereocenters. The number of piperidine rings is 1. The number of carboxylic acids is 1. The zero-order valence-electron chi connectivity index (χ0n) is 13.4. The van der Waals surface area contributed by atoms with Gasteiger partial charge in [0.15, 0.2) is 0 Å². The van der Waals surface area contributed by atoms with E-state index in [1.54, 1.807) is 4.90 Å². The Morgan fingerprint density at radius 1 is 1.30 bits per heavy atom. The quantitative estimate of drug-likeness (QED) is 0.928. The topological polar surface area (TPSA) is 66.8 Å². The van der Waals surface area contributed by atoms with Gasteiger partial charge in [0.25, 0.3) is 0 Å². The SMILES string of the molecule is CC1CC(C(=O)O)CN(C(=O)CC2OCCc3ccccc32)C1. The number of ether oxygens (including phenoxy) is 1. The number of aliphatic carboxylic acids is 1. The van der Waals surface area contributed by atoms with E-state index in [-0.39, 0.29) is 24.3 Å². The third kappa shape index (κ3) is 3.55. The van der Waals surface area contributed by atoms with E-state index in [1.165, 1.54) is 5.56 Å². The number of carboxylic acid groups (broad SMARTS) is 1. The molecule has 0 spiro atoms. The number of hydrogen-bond acceptors (Lipinski definition) is 3. The molecule has 2 aliphatic heterocycles. The standard InChI is InChI=1S/C18H23NO4/c1-12-8-14(18(21)22)11-19(10-12)17(20)9-16-15-5-3-2-4-13(15)6-7-23-16/h2-5,12,14,16H,6-11H2,1H3,(H,21,22). The maximum absolute atomic E-state index is 12.6. The summed E-state index contributed by atoms with van der Waals surface area (Å²) in [6.07, 6.45) is 1.59. The van der Waals surface area contributed by atoms with E-state index in [0.29, 0.717) is 26.1 Å². The Balaban J connectivity index is 1.69. The van der Waals surface area contributed by atoms with Gasteiger partial charge in [0.2, 0.25) is 5.91 Å². The zero-order chi connectivity index (χ0) is 16.4. The molecule has 2 aliphatic rings. The monoisotopic (exact) mass is 317 g/mol. The van der Waals surface area contributed by atoms with Crippen LogP contribution in [-0.2, 0) is 20.7 Å². The molecule has 1 saturated heterocycles. The van der Waals surface area contributed by atoms with Gasteiger partial charge in [-0.1, -0.05) is 31.2 Å². The molecule has 0 bridgehead atoms. The third-order valence-corrected chi connectivity index (χ3v) is 4.81. The van der Waals surface area contributed by atoms with Crippen molar-refractivity contribution in [3.05, 3.63) is 35.4 Å². The molecule has 0 aromatic heterocycles. The number of amides is 1. The van der Waals surface area contributed by atoms with Gasteiger partial charge < -0.3 is 14.7 Å². The summed E-state index contributed by atoms with van der Waals surface area (Å²) in [5, 5.41) is 9.24. The average molecular weight is 317 g/mol. The lowest BCUT2D eigenvalue weighted by Gasteiger charge is -2.36. The number of hydrogen-bond donors (Lipinski definition) is 1. The van der Waals surface area contributed by atoms with Crippen molar-refractivity contribution in [1.82, 2.24) is 4.90 Å². The Labute approximate surface area is 136 Å². The maximum atomic E-state index is 12.6. The fraction of sp³-hybridized carbons (Fsp3) is 0.556. The van der Waals surface area contributed by atoms with Crippen LogP contribution in [0.5, 0.6) is 0 Å². The molecule has 1 aromatic carbocycles. The lowest BCUT2D eigenvalue weighted by molar-refractivity contribution is -0.147. The van der Waals surface area contributed by atoms with Crippen molar-refractivity contribution < 1.29 is 19.4 Å². The second-order valence-electron chi connectivity index (χ2n) is 6.69. The number of likely N-dealkylation sites (tertiary alicyclic amines) is 1. The number of rotatable bonds is 3. The normalized spacial score (nSPS) is 27.3. The van der Waals surface area contributed by atoms with E-state index in [2.05, 4.69) is 6.07 Å². The Hall–Kier alpha value is -1.88. The van der Waals surface area contributed by atoms with Crippen molar-refractivity contribution in [2.75, 3.05) is 19.7 Å². The number of carbonyl (C=O) groups is 2. The minimum Gasteiger partial charge on any atom is -0.481 e. The van der Waals surface area contributed by atoms with Crippen LogP contribution < -0.4 is 0 Å². The highest BCUT2D eigenvalue weighted by molar-refractivity contribution is 5.78. The molecule has 2 heterocycles. The molecule has 3 atom stereocenters. The van der Waals surface area contributed by atoms with Crippen molar-refractivity contribution in [3.63, 3.8) is 0 Å². The van der Waals surface area contributed by atoms with Crippen LogP contribution in [0.2, 0.25) is 0 Å². The van der Waals surface area contributed by atoms with Gasteiger partial charge >= 0.3 is 5.97 Å². The predicted molar refractivity (Wildman–Crippen MR) is 84.9 cm³/mol. The summed E-state index contributed by atoms with van der Waals surface area (Å²) in [5.41, 5.74) is 2.33. The van der Waals surface area contributed by atoms with Crippen molar-refractivity contribution in [1.29, 1.82) is 0 Å². The summed E-state index contributed by atoms with van der Waals surface area (Å²) >= 11 is 0. The number of nitrogens with zero attached hydrogens (tertiary/aromatic N) is 1. The first kappa shape index (κ1) is 16.0. The molecular weight excluding hydrogens is 294 g/mol. The first-order chi connectivity index (χ1) is 11.0. The van der Waals surface area contributed by atoms with Crippen LogP contribution in [0.3, 0.4) is 0 Å². The molecule has 5 nitrogen and oxygen atoms in total. The van der Waals surface area contributed by atoms with Crippen LogP contribution in [0.1, 0.15) is 37.0 Å². The van der Waals surface area contributed by atoms with Gasteiger partial charge in [-0.15, -0.1) is 0 Å². The number of fused-ring (bicyclic) bond motifs is 1. The first-order valence-corrected chi connectivity index (χ1v) is 8.24. The van der Waals surface area contributed by atoms with Crippen molar-refractivity contribution in [3.8, 4) is 0 Å². The van der Waals surface area contributed by atoms with Crippen LogP contribution in [0.4, 0.5) is 0 Å². The molecule has 124 valence electrons. The Morgan fingerprint density at radius 2 is 2.09 bits per heavy atom. The zero-order valence-corrected chi connectivity index (χ0v) is 13.4. The molecule has 1 amide bonds. The summed E-state index contributed by atoms with van der Waals surface area (Å²) in [5.74, 6) is -1.06. The molecule has 23 heavy (non-hydrogen) atoms. The number of benzene rings is 1. The summed E-state index contributed by atoms with van der Waals surface area (Å²) in [7, 11) is 0. The predicted octanol–water partition coefficient (Wildman–Crippen LogP) is 2.26. The highest BCUT2D eigenvalue weighted by Crippen LogP contribution is 2.31. The summed E-state index contributed by atoms with van der Waals surface area (Å²) in [6, 6.07) is 8.07.